The average Bonchev–Trinajstić information content (AvgIpc) is 2.58. The summed E-state index contributed by atoms with van der Waals surface area (Å²) in [6.07, 6.45) is 4.19. The minimum atomic E-state index is -0.810. The lowest BCUT2D eigenvalue weighted by Gasteiger charge is -2.16. The molecule has 1 heterocycles. The van der Waals surface area contributed by atoms with E-state index in [-0.39, 0.29) is 6.04 Å². The molecule has 0 aromatic carbocycles. The maximum atomic E-state index is 11.0. The lowest BCUT2D eigenvalue weighted by atomic mass is 10.2. The second-order valence-corrected chi connectivity index (χ2v) is 5.17. The molecule has 1 aromatic rings. The number of hydrogen-bond donors (Lipinski definition) is 2. The topological polar surface area (TPSA) is 67.2 Å². The van der Waals surface area contributed by atoms with Crippen LogP contribution in [0.4, 0.5) is 0 Å². The summed E-state index contributed by atoms with van der Waals surface area (Å²) in [6, 6.07) is -0.347. The van der Waals surface area contributed by atoms with Crippen LogP contribution in [0.15, 0.2) is 12.4 Å². The number of aryl methyl sites for hydroxylation is 1. The van der Waals surface area contributed by atoms with Crippen molar-refractivity contribution in [3.8, 4) is 0 Å². The zero-order valence-electron chi connectivity index (χ0n) is 9.35. The van der Waals surface area contributed by atoms with Gasteiger partial charge in [-0.25, -0.2) is 0 Å². The number of hydrogen-bond acceptors (Lipinski definition) is 3. The van der Waals surface area contributed by atoms with Crippen molar-refractivity contribution < 1.29 is 9.90 Å². The van der Waals surface area contributed by atoms with Crippen molar-refractivity contribution in [2.24, 2.45) is 0 Å². The second kappa shape index (κ2) is 6.19. The van der Waals surface area contributed by atoms with Crippen LogP contribution in [-0.2, 0) is 11.3 Å². The number of carboxylic acids is 1. The number of carbonyl (C=O) groups is 1. The molecule has 2 N–H and O–H groups in total. The van der Waals surface area contributed by atoms with Crippen LogP contribution in [0.25, 0.3) is 0 Å². The molecule has 0 spiro atoms. The molecule has 0 fully saturated rings. The van der Waals surface area contributed by atoms with Gasteiger partial charge in [0.15, 0.2) is 0 Å². The van der Waals surface area contributed by atoms with Gasteiger partial charge in [-0.2, -0.15) is 5.10 Å². The lowest BCUT2D eigenvalue weighted by Crippen LogP contribution is -2.41. The Morgan fingerprint density at radius 2 is 2.38 bits per heavy atom. The molecule has 6 heteroatoms. The summed E-state index contributed by atoms with van der Waals surface area (Å²) in [6.45, 7) is 4.49. The predicted molar refractivity (Wildman–Crippen MR) is 69.3 cm³/mol. The van der Waals surface area contributed by atoms with E-state index < -0.39 is 12.0 Å². The van der Waals surface area contributed by atoms with E-state index in [0.29, 0.717) is 13.0 Å². The zero-order valence-corrected chi connectivity index (χ0v) is 11.5. The normalized spacial score (nSPS) is 13.0. The predicted octanol–water partition coefficient (Wildman–Crippen LogP) is 1.33. The van der Waals surface area contributed by atoms with Gasteiger partial charge in [-0.05, 0) is 29.0 Å². The van der Waals surface area contributed by atoms with Gasteiger partial charge in [-0.15, -0.1) is 0 Å². The Morgan fingerprint density at radius 3 is 2.81 bits per heavy atom. The third-order valence-electron chi connectivity index (χ3n) is 2.08. The summed E-state index contributed by atoms with van der Waals surface area (Å²) in [5, 5.41) is 16.1. The average molecular weight is 337 g/mol. The van der Waals surface area contributed by atoms with E-state index in [9.17, 15) is 4.79 Å². The molecule has 0 saturated carbocycles. The van der Waals surface area contributed by atoms with Gasteiger partial charge in [-0.1, -0.05) is 13.8 Å². The van der Waals surface area contributed by atoms with E-state index in [1.165, 1.54) is 0 Å². The molecule has 0 aliphatic carbocycles. The molecule has 90 valence electrons. The number of aromatic nitrogens is 2. The van der Waals surface area contributed by atoms with Crippen molar-refractivity contribution in [2.45, 2.75) is 38.9 Å². The fourth-order valence-electron chi connectivity index (χ4n) is 1.40. The van der Waals surface area contributed by atoms with Crippen LogP contribution in [-0.4, -0.2) is 32.9 Å². The zero-order chi connectivity index (χ0) is 12.1. The Kier molecular flexibility index (Phi) is 5.20. The largest absolute Gasteiger partial charge is 0.480 e. The Hall–Kier alpha value is -0.630. The monoisotopic (exact) mass is 337 g/mol. The van der Waals surface area contributed by atoms with Crippen LogP contribution in [0.1, 0.15) is 20.3 Å². The third kappa shape index (κ3) is 4.48. The molecule has 0 saturated heterocycles. The van der Waals surface area contributed by atoms with Crippen LogP contribution in [0.2, 0.25) is 0 Å². The van der Waals surface area contributed by atoms with E-state index in [4.69, 9.17) is 5.11 Å². The molecule has 1 aromatic heterocycles. The maximum Gasteiger partial charge on any atom is 0.320 e. The first-order valence-electron chi connectivity index (χ1n) is 5.16. The summed E-state index contributed by atoms with van der Waals surface area (Å²) in [5.41, 5.74) is 0. The van der Waals surface area contributed by atoms with Crippen LogP contribution in [0, 0.1) is 3.57 Å². The first-order chi connectivity index (χ1) is 7.49. The van der Waals surface area contributed by atoms with Crippen molar-refractivity contribution in [2.75, 3.05) is 0 Å². The maximum absolute atomic E-state index is 11.0. The summed E-state index contributed by atoms with van der Waals surface area (Å²) in [7, 11) is 0. The Labute approximate surface area is 108 Å². The Bertz CT molecular complexity index is 352. The summed E-state index contributed by atoms with van der Waals surface area (Å²) in [5.74, 6) is -0.810. The molecule has 16 heavy (non-hydrogen) atoms. The number of carboxylic acid groups (broad SMARTS) is 1. The third-order valence-corrected chi connectivity index (χ3v) is 2.64. The van der Waals surface area contributed by atoms with E-state index in [1.54, 1.807) is 10.9 Å². The van der Waals surface area contributed by atoms with Crippen molar-refractivity contribution in [3.05, 3.63) is 16.0 Å². The number of nitrogens with zero attached hydrogens (tertiary/aromatic N) is 2. The van der Waals surface area contributed by atoms with Gasteiger partial charge in [0.2, 0.25) is 0 Å². The van der Waals surface area contributed by atoms with Gasteiger partial charge >= 0.3 is 5.97 Å². The molecule has 0 amide bonds. The van der Waals surface area contributed by atoms with Crippen molar-refractivity contribution in [1.82, 2.24) is 15.1 Å². The van der Waals surface area contributed by atoms with Gasteiger partial charge in [-0.3, -0.25) is 9.48 Å². The number of halogens is 1. The van der Waals surface area contributed by atoms with Gasteiger partial charge in [0.1, 0.15) is 6.04 Å². The van der Waals surface area contributed by atoms with E-state index in [1.807, 2.05) is 20.0 Å². The first-order valence-corrected chi connectivity index (χ1v) is 6.23. The minimum absolute atomic E-state index is 0.166. The van der Waals surface area contributed by atoms with Gasteiger partial charge in [0.25, 0.3) is 0 Å². The molecule has 1 rings (SSSR count). The molecule has 0 aliphatic heterocycles. The highest BCUT2D eigenvalue weighted by atomic mass is 127. The van der Waals surface area contributed by atoms with Crippen molar-refractivity contribution in [3.63, 3.8) is 0 Å². The van der Waals surface area contributed by atoms with Crippen molar-refractivity contribution in [1.29, 1.82) is 0 Å². The van der Waals surface area contributed by atoms with Crippen LogP contribution < -0.4 is 5.32 Å². The van der Waals surface area contributed by atoms with Crippen molar-refractivity contribution >= 4 is 28.6 Å². The highest BCUT2D eigenvalue weighted by Crippen LogP contribution is 2.03. The first kappa shape index (κ1) is 13.4. The summed E-state index contributed by atoms with van der Waals surface area (Å²) < 4.78 is 2.82. The fraction of sp³-hybridized carbons (Fsp3) is 0.600. The molecular formula is C10H16IN3O2. The Morgan fingerprint density at radius 1 is 1.69 bits per heavy atom. The quantitative estimate of drug-likeness (QED) is 0.769. The highest BCUT2D eigenvalue weighted by Gasteiger charge is 2.17. The number of nitrogens with one attached hydrogen (secondary N) is 1. The molecule has 0 aliphatic rings. The van der Waals surface area contributed by atoms with E-state index in [0.717, 1.165) is 3.57 Å². The summed E-state index contributed by atoms with van der Waals surface area (Å²) >= 11 is 2.18. The molecule has 0 bridgehead atoms. The standard InChI is InChI=1S/C10H16IN3O2/c1-7(2)13-9(10(15)16)3-4-14-6-8(11)5-12-14/h5-7,9,13H,3-4H2,1-2H3,(H,15,16). The lowest BCUT2D eigenvalue weighted by molar-refractivity contribution is -0.139. The van der Waals surface area contributed by atoms with Crippen LogP contribution >= 0.6 is 22.6 Å². The molecular weight excluding hydrogens is 321 g/mol. The van der Waals surface area contributed by atoms with Crippen LogP contribution in [0.5, 0.6) is 0 Å². The minimum Gasteiger partial charge on any atom is -0.480 e. The fourth-order valence-corrected chi connectivity index (χ4v) is 1.85. The number of aliphatic carboxylic acids is 1. The summed E-state index contributed by atoms with van der Waals surface area (Å²) in [4.78, 5) is 11.0. The molecule has 0 radical (unpaired) electrons. The van der Waals surface area contributed by atoms with Gasteiger partial charge in [0, 0.05) is 18.8 Å². The SMILES string of the molecule is CC(C)NC(CCn1cc(I)cn1)C(=O)O. The van der Waals surface area contributed by atoms with E-state index in [2.05, 4.69) is 33.0 Å². The van der Waals surface area contributed by atoms with Gasteiger partial charge < -0.3 is 10.4 Å². The molecule has 1 atom stereocenters. The van der Waals surface area contributed by atoms with Gasteiger partial charge in [0.05, 0.1) is 9.77 Å². The highest BCUT2D eigenvalue weighted by molar-refractivity contribution is 14.1. The van der Waals surface area contributed by atoms with Crippen LogP contribution in [0.3, 0.4) is 0 Å². The Balaban J connectivity index is 2.46. The molecule has 5 nitrogen and oxygen atoms in total. The molecule has 1 unspecified atom stereocenters. The second-order valence-electron chi connectivity index (χ2n) is 3.92. The smallest absolute Gasteiger partial charge is 0.320 e. The van der Waals surface area contributed by atoms with E-state index >= 15 is 0 Å². The number of rotatable bonds is 6.